The van der Waals surface area contributed by atoms with Crippen molar-refractivity contribution in [3.8, 4) is 0 Å². The van der Waals surface area contributed by atoms with Crippen LogP contribution < -0.4 is 0 Å². The van der Waals surface area contributed by atoms with Crippen LogP contribution in [0.1, 0.15) is 31.8 Å². The first-order valence-corrected chi connectivity index (χ1v) is 11.8. The molecule has 164 valence electrons. The molecular formula is C26H19NO5S. The van der Waals surface area contributed by atoms with Crippen LogP contribution in [-0.4, -0.2) is 24.6 Å². The minimum atomic E-state index is -4.26. The van der Waals surface area contributed by atoms with E-state index in [-0.39, 0.29) is 29.2 Å². The van der Waals surface area contributed by atoms with E-state index in [1.54, 1.807) is 60.7 Å². The van der Waals surface area contributed by atoms with Crippen LogP contribution in [0.25, 0.3) is 10.8 Å². The van der Waals surface area contributed by atoms with E-state index in [9.17, 15) is 18.0 Å². The fourth-order valence-corrected chi connectivity index (χ4v) is 5.74. The van der Waals surface area contributed by atoms with Crippen LogP contribution in [0.15, 0.2) is 95.9 Å². The molecule has 0 saturated carbocycles. The second-order valence-electron chi connectivity index (χ2n) is 7.71. The Morgan fingerprint density at radius 2 is 1.42 bits per heavy atom. The zero-order valence-corrected chi connectivity index (χ0v) is 18.3. The topological polar surface area (TPSA) is 80.8 Å². The molecule has 33 heavy (non-hydrogen) atoms. The van der Waals surface area contributed by atoms with Gasteiger partial charge in [-0.2, -0.15) is 0 Å². The lowest BCUT2D eigenvalue weighted by molar-refractivity contribution is 0.0468. The van der Waals surface area contributed by atoms with Gasteiger partial charge in [0, 0.05) is 0 Å². The second-order valence-corrected chi connectivity index (χ2v) is 9.51. The molecule has 4 aromatic rings. The molecule has 1 amide bonds. The molecule has 4 aromatic carbocycles. The zero-order valence-electron chi connectivity index (χ0n) is 17.5. The highest BCUT2D eigenvalue weighted by molar-refractivity contribution is 7.90. The Bertz CT molecular complexity index is 1480. The van der Waals surface area contributed by atoms with Gasteiger partial charge in [0.2, 0.25) is 0 Å². The first-order chi connectivity index (χ1) is 16.0. The summed E-state index contributed by atoms with van der Waals surface area (Å²) in [7, 11) is -4.26. The summed E-state index contributed by atoms with van der Waals surface area (Å²) in [5.74, 6) is -1.44. The quantitative estimate of drug-likeness (QED) is 0.411. The van der Waals surface area contributed by atoms with Crippen molar-refractivity contribution < 1.29 is 22.7 Å². The number of benzene rings is 4. The van der Waals surface area contributed by atoms with Crippen LogP contribution in [-0.2, 0) is 27.9 Å². The summed E-state index contributed by atoms with van der Waals surface area (Å²) in [4.78, 5) is 26.2. The van der Waals surface area contributed by atoms with Gasteiger partial charge >= 0.3 is 5.97 Å². The maximum absolute atomic E-state index is 13.5. The average Bonchev–Trinajstić information content (AvgIpc) is 3.04. The lowest BCUT2D eigenvalue weighted by atomic mass is 10.00. The second kappa shape index (κ2) is 8.18. The molecule has 0 aromatic heterocycles. The Hall–Kier alpha value is -3.97. The standard InChI is InChI=1S/C26H19NO5S/c28-25-23-21-14-8-7-13-20(21)15-22(26(29)32-17-19-11-5-2-6-12-19)24(23)33(30,31)27(25)16-18-9-3-1-4-10-18/h1-15H,16-17H2. The molecule has 1 aliphatic rings. The summed E-state index contributed by atoms with van der Waals surface area (Å²) < 4.78 is 33.3. The van der Waals surface area contributed by atoms with E-state index in [0.717, 1.165) is 9.87 Å². The Labute approximate surface area is 191 Å². The molecule has 1 heterocycles. The minimum Gasteiger partial charge on any atom is -0.457 e. The molecule has 0 bridgehead atoms. The third-order valence-corrected chi connectivity index (χ3v) is 7.41. The van der Waals surface area contributed by atoms with Crippen molar-refractivity contribution in [1.82, 2.24) is 4.31 Å². The van der Waals surface area contributed by atoms with E-state index in [1.807, 2.05) is 24.3 Å². The Kier molecular flexibility index (Phi) is 5.18. The molecule has 0 aliphatic carbocycles. The average molecular weight is 458 g/mol. The van der Waals surface area contributed by atoms with Gasteiger partial charge < -0.3 is 4.74 Å². The van der Waals surface area contributed by atoms with Crippen molar-refractivity contribution in [3.63, 3.8) is 0 Å². The Morgan fingerprint density at radius 1 is 0.818 bits per heavy atom. The summed E-state index contributed by atoms with van der Waals surface area (Å²) in [5, 5.41) is 1.07. The molecule has 1 aliphatic heterocycles. The number of hydrogen-bond donors (Lipinski definition) is 0. The number of amides is 1. The van der Waals surface area contributed by atoms with Crippen LogP contribution in [0.2, 0.25) is 0 Å². The van der Waals surface area contributed by atoms with Crippen LogP contribution in [0.5, 0.6) is 0 Å². The number of carbonyl (C=O) groups excluding carboxylic acids is 2. The van der Waals surface area contributed by atoms with Crippen molar-refractivity contribution in [2.24, 2.45) is 0 Å². The minimum absolute atomic E-state index is 0.00990. The number of ether oxygens (including phenoxy) is 1. The van der Waals surface area contributed by atoms with Gasteiger partial charge in [-0.3, -0.25) is 4.79 Å². The molecule has 5 rings (SSSR count). The summed E-state index contributed by atoms with van der Waals surface area (Å²) in [6.45, 7) is -0.132. The Morgan fingerprint density at radius 3 is 2.12 bits per heavy atom. The molecule has 0 unspecified atom stereocenters. The van der Waals surface area contributed by atoms with Crippen LogP contribution in [0, 0.1) is 0 Å². The monoisotopic (exact) mass is 457 g/mol. The third kappa shape index (κ3) is 3.66. The van der Waals surface area contributed by atoms with Gasteiger partial charge in [-0.15, -0.1) is 0 Å². The predicted octanol–water partition coefficient (Wildman–Crippen LogP) is 4.54. The van der Waals surface area contributed by atoms with Crippen molar-refractivity contribution in [3.05, 3.63) is 113 Å². The summed E-state index contributed by atoms with van der Waals surface area (Å²) in [6.07, 6.45) is 0. The number of rotatable bonds is 5. The van der Waals surface area contributed by atoms with Crippen molar-refractivity contribution in [1.29, 1.82) is 0 Å². The fourth-order valence-electron chi connectivity index (χ4n) is 4.01. The highest BCUT2D eigenvalue weighted by atomic mass is 32.2. The molecule has 0 spiro atoms. The SMILES string of the molecule is O=C(OCc1ccccc1)c1cc2ccccc2c2c1S(=O)(=O)N(Cc1ccccc1)C2=O. The number of fused-ring (bicyclic) bond motifs is 3. The van der Waals surface area contributed by atoms with Gasteiger partial charge in [0.25, 0.3) is 15.9 Å². The molecule has 0 saturated heterocycles. The van der Waals surface area contributed by atoms with E-state index in [1.165, 1.54) is 6.07 Å². The lowest BCUT2D eigenvalue weighted by Crippen LogP contribution is -2.29. The maximum atomic E-state index is 13.5. The van der Waals surface area contributed by atoms with Crippen molar-refractivity contribution in [2.45, 2.75) is 18.0 Å². The molecule has 0 radical (unpaired) electrons. The third-order valence-electron chi connectivity index (χ3n) is 5.59. The Balaban J connectivity index is 1.61. The molecular weight excluding hydrogens is 438 g/mol. The molecule has 0 atom stereocenters. The van der Waals surface area contributed by atoms with Crippen LogP contribution in [0.3, 0.4) is 0 Å². The van der Waals surface area contributed by atoms with E-state index >= 15 is 0 Å². The van der Waals surface area contributed by atoms with E-state index in [4.69, 9.17) is 4.74 Å². The zero-order chi connectivity index (χ0) is 23.0. The van der Waals surface area contributed by atoms with Gasteiger partial charge in [-0.25, -0.2) is 17.5 Å². The summed E-state index contributed by atoms with van der Waals surface area (Å²) in [6, 6.07) is 26.4. The maximum Gasteiger partial charge on any atom is 0.339 e. The first-order valence-electron chi connectivity index (χ1n) is 10.3. The number of nitrogens with zero attached hydrogens (tertiary/aromatic N) is 1. The van der Waals surface area contributed by atoms with Gasteiger partial charge in [0.05, 0.1) is 17.7 Å². The van der Waals surface area contributed by atoms with Gasteiger partial charge in [0.15, 0.2) is 0 Å². The smallest absolute Gasteiger partial charge is 0.339 e. The first kappa shape index (κ1) is 20.9. The van der Waals surface area contributed by atoms with E-state index < -0.39 is 21.9 Å². The highest BCUT2D eigenvalue weighted by Gasteiger charge is 2.45. The largest absolute Gasteiger partial charge is 0.457 e. The number of esters is 1. The van der Waals surface area contributed by atoms with Crippen molar-refractivity contribution >= 4 is 32.7 Å². The number of sulfonamides is 1. The van der Waals surface area contributed by atoms with Crippen molar-refractivity contribution in [2.75, 3.05) is 0 Å². The van der Waals surface area contributed by atoms with Crippen LogP contribution >= 0.6 is 0 Å². The summed E-state index contributed by atoms with van der Waals surface area (Å²) >= 11 is 0. The fraction of sp³-hybridized carbons (Fsp3) is 0.0769. The van der Waals surface area contributed by atoms with Gasteiger partial charge in [-0.05, 0) is 28.0 Å². The molecule has 6 nitrogen and oxygen atoms in total. The normalized spacial score (nSPS) is 14.3. The van der Waals surface area contributed by atoms with Crippen LogP contribution in [0.4, 0.5) is 0 Å². The molecule has 0 N–H and O–H groups in total. The lowest BCUT2D eigenvalue weighted by Gasteiger charge is -2.15. The van der Waals surface area contributed by atoms with Gasteiger partial charge in [0.1, 0.15) is 11.5 Å². The number of hydrogen-bond acceptors (Lipinski definition) is 5. The van der Waals surface area contributed by atoms with Gasteiger partial charge in [-0.1, -0.05) is 84.9 Å². The highest BCUT2D eigenvalue weighted by Crippen LogP contribution is 2.39. The van der Waals surface area contributed by atoms with E-state index in [2.05, 4.69) is 0 Å². The molecule has 7 heteroatoms. The van der Waals surface area contributed by atoms with E-state index in [0.29, 0.717) is 16.3 Å². The molecule has 0 fully saturated rings. The summed E-state index contributed by atoms with van der Waals surface area (Å²) in [5.41, 5.74) is 1.31. The predicted molar refractivity (Wildman–Crippen MR) is 123 cm³/mol. The number of carbonyl (C=O) groups is 2.